The molecule has 2 heterocycles. The highest BCUT2D eigenvalue weighted by Crippen LogP contribution is 2.20. The van der Waals surface area contributed by atoms with Crippen LogP contribution in [0.1, 0.15) is 26.2 Å². The van der Waals surface area contributed by atoms with Gasteiger partial charge in [0.15, 0.2) is 0 Å². The second-order valence-electron chi connectivity index (χ2n) is 6.49. The van der Waals surface area contributed by atoms with Crippen LogP contribution in [0.3, 0.4) is 0 Å². The van der Waals surface area contributed by atoms with Crippen LogP contribution < -0.4 is 10.9 Å². The lowest BCUT2D eigenvalue weighted by atomic mass is 10.1. The van der Waals surface area contributed by atoms with Gasteiger partial charge in [0.05, 0.1) is 16.7 Å². The third kappa shape index (κ3) is 4.19. The fraction of sp³-hybridized carbons (Fsp3) is 0.529. The van der Waals surface area contributed by atoms with Crippen molar-refractivity contribution in [3.63, 3.8) is 0 Å². The minimum atomic E-state index is -3.14. The minimum Gasteiger partial charge on any atom is -0.355 e. The smallest absolute Gasteiger partial charge is 0.260 e. The second kappa shape index (κ2) is 7.53. The Kier molecular flexibility index (Phi) is 5.39. The first-order valence-corrected chi connectivity index (χ1v) is 10.3. The second-order valence-corrected chi connectivity index (χ2v) is 8.58. The average molecular weight is 364 g/mol. The molecule has 3 rings (SSSR count). The zero-order chi connectivity index (χ0) is 17.9. The van der Waals surface area contributed by atoms with Crippen LogP contribution >= 0.6 is 0 Å². The van der Waals surface area contributed by atoms with Crippen LogP contribution in [0.4, 0.5) is 5.95 Å². The number of sulfonamides is 1. The Morgan fingerprint density at radius 3 is 2.96 bits per heavy atom. The maximum absolute atomic E-state index is 12.2. The van der Waals surface area contributed by atoms with E-state index < -0.39 is 10.0 Å². The number of anilines is 1. The molecule has 8 heteroatoms. The molecule has 25 heavy (non-hydrogen) atoms. The van der Waals surface area contributed by atoms with E-state index in [0.717, 1.165) is 12.8 Å². The molecule has 1 aromatic heterocycles. The molecule has 1 saturated heterocycles. The van der Waals surface area contributed by atoms with Crippen molar-refractivity contribution in [2.24, 2.45) is 5.92 Å². The van der Waals surface area contributed by atoms with Gasteiger partial charge in [0, 0.05) is 19.6 Å². The molecule has 1 atom stereocenters. The number of fused-ring (bicyclic) bond motifs is 1. The number of nitrogens with zero attached hydrogens (tertiary/aromatic N) is 2. The van der Waals surface area contributed by atoms with E-state index in [-0.39, 0.29) is 17.2 Å². The number of unbranched alkanes of at least 4 members (excludes halogenated alkanes) is 1. The molecule has 1 aromatic carbocycles. The lowest BCUT2D eigenvalue weighted by Crippen LogP contribution is -2.32. The van der Waals surface area contributed by atoms with E-state index in [9.17, 15) is 13.2 Å². The van der Waals surface area contributed by atoms with Gasteiger partial charge in [0.1, 0.15) is 0 Å². The zero-order valence-electron chi connectivity index (χ0n) is 14.4. The SMILES string of the molecule is CCCCS(=O)(=O)N1CCC(CNc2nc3ccccc3c(=O)[nH]2)C1. The van der Waals surface area contributed by atoms with Crippen molar-refractivity contribution in [3.05, 3.63) is 34.6 Å². The molecule has 0 amide bonds. The molecule has 0 aliphatic carbocycles. The number of H-pyrrole nitrogens is 1. The largest absolute Gasteiger partial charge is 0.355 e. The van der Waals surface area contributed by atoms with E-state index >= 15 is 0 Å². The third-order valence-electron chi connectivity index (χ3n) is 4.57. The molecule has 0 saturated carbocycles. The summed E-state index contributed by atoms with van der Waals surface area (Å²) in [5, 5.41) is 3.70. The number of aromatic nitrogens is 2. The summed E-state index contributed by atoms with van der Waals surface area (Å²) in [6.07, 6.45) is 2.39. The van der Waals surface area contributed by atoms with Gasteiger partial charge >= 0.3 is 0 Å². The summed E-state index contributed by atoms with van der Waals surface area (Å²) in [5.74, 6) is 0.868. The van der Waals surface area contributed by atoms with Crippen molar-refractivity contribution in [1.82, 2.24) is 14.3 Å². The molecule has 136 valence electrons. The van der Waals surface area contributed by atoms with E-state index in [2.05, 4.69) is 15.3 Å². The van der Waals surface area contributed by atoms with Crippen molar-refractivity contribution in [2.45, 2.75) is 26.2 Å². The molecule has 0 radical (unpaired) electrons. The Labute approximate surface area is 147 Å². The van der Waals surface area contributed by atoms with E-state index in [1.807, 2.05) is 13.0 Å². The predicted molar refractivity (Wildman–Crippen MR) is 99.2 cm³/mol. The topological polar surface area (TPSA) is 95.2 Å². The summed E-state index contributed by atoms with van der Waals surface area (Å²) in [5.41, 5.74) is 0.465. The summed E-state index contributed by atoms with van der Waals surface area (Å²) in [7, 11) is -3.14. The Morgan fingerprint density at radius 2 is 2.16 bits per heavy atom. The highest BCUT2D eigenvalue weighted by molar-refractivity contribution is 7.89. The van der Waals surface area contributed by atoms with Crippen molar-refractivity contribution < 1.29 is 8.42 Å². The number of rotatable bonds is 7. The van der Waals surface area contributed by atoms with Crippen LogP contribution in [0.2, 0.25) is 0 Å². The third-order valence-corrected chi connectivity index (χ3v) is 6.49. The van der Waals surface area contributed by atoms with Gasteiger partial charge in [0.2, 0.25) is 16.0 Å². The molecule has 2 N–H and O–H groups in total. The molecule has 1 aliphatic rings. The first-order chi connectivity index (χ1) is 12.0. The van der Waals surface area contributed by atoms with Gasteiger partial charge in [-0.1, -0.05) is 25.5 Å². The molecule has 1 fully saturated rings. The molecular weight excluding hydrogens is 340 g/mol. The maximum Gasteiger partial charge on any atom is 0.260 e. The van der Waals surface area contributed by atoms with Gasteiger partial charge in [-0.3, -0.25) is 9.78 Å². The Morgan fingerprint density at radius 1 is 1.36 bits per heavy atom. The summed E-state index contributed by atoms with van der Waals surface area (Å²) < 4.78 is 26.1. The number of hydrogen-bond acceptors (Lipinski definition) is 5. The van der Waals surface area contributed by atoms with Crippen LogP contribution in [0.5, 0.6) is 0 Å². The highest BCUT2D eigenvalue weighted by atomic mass is 32.2. The van der Waals surface area contributed by atoms with E-state index in [4.69, 9.17) is 0 Å². The monoisotopic (exact) mass is 364 g/mol. The Hall–Kier alpha value is -1.93. The first-order valence-electron chi connectivity index (χ1n) is 8.70. The van der Waals surface area contributed by atoms with Crippen LogP contribution in [0.15, 0.2) is 29.1 Å². The predicted octanol–water partition coefficient (Wildman–Crippen LogP) is 1.79. The van der Waals surface area contributed by atoms with Gasteiger partial charge < -0.3 is 5.32 Å². The molecule has 7 nitrogen and oxygen atoms in total. The number of benzene rings is 1. The van der Waals surface area contributed by atoms with Crippen LogP contribution in [0.25, 0.3) is 10.9 Å². The normalized spacial score (nSPS) is 18.7. The molecule has 1 unspecified atom stereocenters. The summed E-state index contributed by atoms with van der Waals surface area (Å²) in [6, 6.07) is 7.18. The molecule has 0 spiro atoms. The fourth-order valence-electron chi connectivity index (χ4n) is 3.08. The Bertz CT molecular complexity index is 894. The molecular formula is C17H24N4O3S. The minimum absolute atomic E-state index is 0.178. The summed E-state index contributed by atoms with van der Waals surface area (Å²) in [4.78, 5) is 19.2. The van der Waals surface area contributed by atoms with Crippen molar-refractivity contribution in [1.29, 1.82) is 0 Å². The van der Waals surface area contributed by atoms with Crippen molar-refractivity contribution in [3.8, 4) is 0 Å². The van der Waals surface area contributed by atoms with Crippen LogP contribution in [-0.4, -0.2) is 48.1 Å². The van der Waals surface area contributed by atoms with E-state index in [1.54, 1.807) is 22.5 Å². The van der Waals surface area contributed by atoms with Crippen molar-refractivity contribution in [2.75, 3.05) is 30.7 Å². The highest BCUT2D eigenvalue weighted by Gasteiger charge is 2.30. The average Bonchev–Trinajstić information content (AvgIpc) is 3.08. The van der Waals surface area contributed by atoms with E-state index in [0.29, 0.717) is 42.9 Å². The van der Waals surface area contributed by atoms with Gasteiger partial charge in [-0.25, -0.2) is 17.7 Å². The van der Waals surface area contributed by atoms with Crippen LogP contribution in [0, 0.1) is 5.92 Å². The van der Waals surface area contributed by atoms with Gasteiger partial charge in [-0.15, -0.1) is 0 Å². The van der Waals surface area contributed by atoms with E-state index in [1.165, 1.54) is 0 Å². The summed E-state index contributed by atoms with van der Waals surface area (Å²) in [6.45, 7) is 3.67. The zero-order valence-corrected chi connectivity index (χ0v) is 15.2. The molecule has 1 aliphatic heterocycles. The number of para-hydroxylation sites is 1. The number of nitrogens with one attached hydrogen (secondary N) is 2. The van der Waals surface area contributed by atoms with Crippen molar-refractivity contribution >= 4 is 26.9 Å². The maximum atomic E-state index is 12.2. The quantitative estimate of drug-likeness (QED) is 0.781. The van der Waals surface area contributed by atoms with Crippen LogP contribution in [-0.2, 0) is 10.0 Å². The summed E-state index contributed by atoms with van der Waals surface area (Å²) >= 11 is 0. The Balaban J connectivity index is 1.61. The number of hydrogen-bond donors (Lipinski definition) is 2. The first kappa shape index (κ1) is 17.9. The standard InChI is InChI=1S/C17H24N4O3S/c1-2-3-10-25(23,24)21-9-8-13(12-21)11-18-17-19-15-7-5-4-6-14(15)16(22)20-17/h4-7,13H,2-3,8-12H2,1H3,(H2,18,19,20,22). The van der Waals surface area contributed by atoms with Gasteiger partial charge in [0.25, 0.3) is 5.56 Å². The fourth-order valence-corrected chi connectivity index (χ4v) is 4.82. The lowest BCUT2D eigenvalue weighted by Gasteiger charge is -2.16. The molecule has 2 aromatic rings. The van der Waals surface area contributed by atoms with Gasteiger partial charge in [-0.2, -0.15) is 0 Å². The van der Waals surface area contributed by atoms with Gasteiger partial charge in [-0.05, 0) is 30.9 Å². The number of aromatic amines is 1. The lowest BCUT2D eigenvalue weighted by molar-refractivity contribution is 0.459. The molecule has 0 bridgehead atoms.